The number of rotatable bonds is 3. The Morgan fingerprint density at radius 1 is 1.07 bits per heavy atom. The van der Waals surface area contributed by atoms with Crippen molar-refractivity contribution in [2.45, 2.75) is 50.5 Å². The van der Waals surface area contributed by atoms with Gasteiger partial charge in [0.1, 0.15) is 11.9 Å². The molecule has 2 saturated heterocycles. The van der Waals surface area contributed by atoms with E-state index in [1.165, 1.54) is 16.0 Å². The number of sulfone groups is 1. The number of hydrogen-bond donors (Lipinski definition) is 0. The molecule has 0 radical (unpaired) electrons. The van der Waals surface area contributed by atoms with E-state index in [1.807, 2.05) is 12.1 Å². The van der Waals surface area contributed by atoms with Crippen LogP contribution in [0.5, 0.6) is 0 Å². The highest BCUT2D eigenvalue weighted by Crippen LogP contribution is 2.35. The molecule has 2 atom stereocenters. The van der Waals surface area contributed by atoms with Crippen LogP contribution in [0.15, 0.2) is 24.3 Å². The predicted molar refractivity (Wildman–Crippen MR) is 102 cm³/mol. The maximum absolute atomic E-state index is 13.0. The summed E-state index contributed by atoms with van der Waals surface area (Å²) in [5.74, 6) is -0.880. The average molecular weight is 391 g/mol. The van der Waals surface area contributed by atoms with Gasteiger partial charge in [-0.25, -0.2) is 8.42 Å². The lowest BCUT2D eigenvalue weighted by molar-refractivity contribution is -0.143. The first kappa shape index (κ1) is 18.5. The van der Waals surface area contributed by atoms with Gasteiger partial charge in [0.25, 0.3) is 0 Å². The number of fused-ring (bicyclic) bond motifs is 1. The number of aryl methyl sites for hydroxylation is 1. The largest absolute Gasteiger partial charge is 0.341 e. The fourth-order valence-corrected chi connectivity index (χ4v) is 6.34. The summed E-state index contributed by atoms with van der Waals surface area (Å²) in [7, 11) is -3.41. The lowest BCUT2D eigenvalue weighted by Gasteiger charge is -2.30. The molecular weight excluding hydrogens is 364 g/mol. The molecule has 1 aromatic carbocycles. The number of nitrogens with zero attached hydrogens (tertiary/aromatic N) is 2. The number of hydrogen-bond acceptors (Lipinski definition) is 4. The molecule has 3 aliphatic rings. The summed E-state index contributed by atoms with van der Waals surface area (Å²) in [5, 5.41) is 0. The highest BCUT2D eigenvalue weighted by atomic mass is 32.2. The molecule has 7 heteroatoms. The molecule has 0 N–H and O–H groups in total. The third kappa shape index (κ3) is 3.74. The van der Waals surface area contributed by atoms with Gasteiger partial charge in [-0.3, -0.25) is 9.59 Å². The molecule has 1 aromatic rings. The van der Waals surface area contributed by atoms with Crippen LogP contribution in [0.3, 0.4) is 0 Å². The minimum atomic E-state index is -3.41. The number of carbonyl (C=O) groups excluding carboxylic acids is 2. The Hall–Kier alpha value is -1.89. The summed E-state index contributed by atoms with van der Waals surface area (Å²) in [4.78, 5) is 28.9. The standard InChI is InChI=1S/C20H26N2O4S/c23-19(12-16-8-5-7-15-6-1-2-9-17(15)16)22-14-27(25,26)13-18(22)20(24)21-10-3-4-11-21/h1-2,6,9,16,18H,3-5,7-8,10-14H2/t16?,18-/m0/s1. The molecule has 2 aliphatic heterocycles. The molecule has 27 heavy (non-hydrogen) atoms. The van der Waals surface area contributed by atoms with Crippen LogP contribution in [0.4, 0.5) is 0 Å². The van der Waals surface area contributed by atoms with Gasteiger partial charge in [0, 0.05) is 19.5 Å². The first-order valence-electron chi connectivity index (χ1n) is 9.81. The van der Waals surface area contributed by atoms with Crippen molar-refractivity contribution in [2.75, 3.05) is 24.7 Å². The Bertz CT molecular complexity index is 845. The molecule has 6 nitrogen and oxygen atoms in total. The van der Waals surface area contributed by atoms with Crippen LogP contribution < -0.4 is 0 Å². The Morgan fingerprint density at radius 2 is 1.81 bits per heavy atom. The minimum absolute atomic E-state index is 0.105. The molecular formula is C20H26N2O4S. The highest BCUT2D eigenvalue weighted by Gasteiger charge is 2.44. The molecule has 0 aromatic heterocycles. The van der Waals surface area contributed by atoms with Crippen molar-refractivity contribution in [1.82, 2.24) is 9.80 Å². The zero-order chi connectivity index (χ0) is 19.0. The zero-order valence-electron chi connectivity index (χ0n) is 15.5. The molecule has 0 saturated carbocycles. The SMILES string of the molecule is O=C([C@@H]1CS(=O)(=O)CN1C(=O)CC1CCCc2ccccc21)N1CCCC1. The van der Waals surface area contributed by atoms with Crippen LogP contribution in [0.25, 0.3) is 0 Å². The Morgan fingerprint density at radius 3 is 2.59 bits per heavy atom. The van der Waals surface area contributed by atoms with Crippen LogP contribution in [-0.4, -0.2) is 60.8 Å². The topological polar surface area (TPSA) is 74.8 Å². The van der Waals surface area contributed by atoms with Crippen LogP contribution >= 0.6 is 0 Å². The maximum Gasteiger partial charge on any atom is 0.246 e. The summed E-state index contributed by atoms with van der Waals surface area (Å²) in [6.07, 6.45) is 5.14. The van der Waals surface area contributed by atoms with Gasteiger partial charge in [-0.05, 0) is 49.1 Å². The predicted octanol–water partition coefficient (Wildman–Crippen LogP) is 1.70. The molecule has 4 rings (SSSR count). The normalized spacial score (nSPS) is 26.8. The number of likely N-dealkylation sites (tertiary alicyclic amines) is 1. The van der Waals surface area contributed by atoms with Gasteiger partial charge < -0.3 is 9.80 Å². The molecule has 2 amide bonds. The second-order valence-corrected chi connectivity index (χ2v) is 10.0. The first-order chi connectivity index (χ1) is 12.9. The monoisotopic (exact) mass is 390 g/mol. The second-order valence-electron chi connectivity index (χ2n) is 7.94. The van der Waals surface area contributed by atoms with Crippen LogP contribution in [0, 0.1) is 0 Å². The van der Waals surface area contributed by atoms with E-state index < -0.39 is 15.9 Å². The third-order valence-electron chi connectivity index (χ3n) is 6.06. The molecule has 2 fully saturated rings. The van der Waals surface area contributed by atoms with Crippen molar-refractivity contribution in [3.63, 3.8) is 0 Å². The van der Waals surface area contributed by atoms with Crippen molar-refractivity contribution < 1.29 is 18.0 Å². The summed E-state index contributed by atoms with van der Waals surface area (Å²) >= 11 is 0. The fraction of sp³-hybridized carbons (Fsp3) is 0.600. The van der Waals surface area contributed by atoms with E-state index in [-0.39, 0.29) is 35.8 Å². The van der Waals surface area contributed by atoms with E-state index >= 15 is 0 Å². The Labute approximate surface area is 160 Å². The van der Waals surface area contributed by atoms with Gasteiger partial charge in [0.2, 0.25) is 11.8 Å². The van der Waals surface area contributed by atoms with E-state index in [0.717, 1.165) is 32.1 Å². The zero-order valence-corrected chi connectivity index (χ0v) is 16.3. The Kier molecular flexibility index (Phi) is 4.97. The molecule has 146 valence electrons. The quantitative estimate of drug-likeness (QED) is 0.787. The van der Waals surface area contributed by atoms with Crippen LogP contribution in [0.1, 0.15) is 49.1 Å². The second kappa shape index (κ2) is 7.26. The lowest BCUT2D eigenvalue weighted by Crippen LogP contribution is -2.48. The van der Waals surface area contributed by atoms with Crippen molar-refractivity contribution in [1.29, 1.82) is 0 Å². The van der Waals surface area contributed by atoms with E-state index in [4.69, 9.17) is 0 Å². The smallest absolute Gasteiger partial charge is 0.246 e. The van der Waals surface area contributed by atoms with Crippen molar-refractivity contribution in [2.24, 2.45) is 0 Å². The van der Waals surface area contributed by atoms with E-state index in [9.17, 15) is 18.0 Å². The highest BCUT2D eigenvalue weighted by molar-refractivity contribution is 7.91. The summed E-state index contributed by atoms with van der Waals surface area (Å²) in [6, 6.07) is 7.33. The van der Waals surface area contributed by atoms with E-state index in [1.54, 1.807) is 4.90 Å². The average Bonchev–Trinajstić information content (AvgIpc) is 3.29. The van der Waals surface area contributed by atoms with Gasteiger partial charge in [-0.2, -0.15) is 0 Å². The number of carbonyl (C=O) groups is 2. The minimum Gasteiger partial charge on any atom is -0.341 e. The first-order valence-corrected chi connectivity index (χ1v) is 11.6. The molecule has 1 unspecified atom stereocenters. The van der Waals surface area contributed by atoms with E-state index in [2.05, 4.69) is 12.1 Å². The van der Waals surface area contributed by atoms with Crippen molar-refractivity contribution >= 4 is 21.7 Å². The van der Waals surface area contributed by atoms with Crippen molar-refractivity contribution in [3.05, 3.63) is 35.4 Å². The molecule has 0 bridgehead atoms. The number of benzene rings is 1. The van der Waals surface area contributed by atoms with Gasteiger partial charge in [0.05, 0.1) is 5.75 Å². The van der Waals surface area contributed by atoms with Gasteiger partial charge in [0.15, 0.2) is 9.84 Å². The van der Waals surface area contributed by atoms with Gasteiger partial charge in [-0.1, -0.05) is 24.3 Å². The number of amides is 2. The molecule has 0 spiro atoms. The van der Waals surface area contributed by atoms with Gasteiger partial charge >= 0.3 is 0 Å². The molecule has 1 aliphatic carbocycles. The third-order valence-corrected chi connectivity index (χ3v) is 7.56. The summed E-state index contributed by atoms with van der Waals surface area (Å²) in [6.45, 7) is 1.32. The van der Waals surface area contributed by atoms with Gasteiger partial charge in [-0.15, -0.1) is 0 Å². The lowest BCUT2D eigenvalue weighted by atomic mass is 9.81. The van der Waals surface area contributed by atoms with Crippen LogP contribution in [0.2, 0.25) is 0 Å². The Balaban J connectivity index is 1.52. The fourth-order valence-electron chi connectivity index (χ4n) is 4.68. The summed E-state index contributed by atoms with van der Waals surface area (Å²) < 4.78 is 24.4. The maximum atomic E-state index is 13.0. The van der Waals surface area contributed by atoms with Crippen molar-refractivity contribution in [3.8, 4) is 0 Å². The van der Waals surface area contributed by atoms with E-state index in [0.29, 0.717) is 13.1 Å². The molecule has 2 heterocycles. The summed E-state index contributed by atoms with van der Waals surface area (Å²) in [5.41, 5.74) is 2.47. The van der Waals surface area contributed by atoms with Crippen LogP contribution in [-0.2, 0) is 25.8 Å².